The molecule has 0 bridgehead atoms. The summed E-state index contributed by atoms with van der Waals surface area (Å²) in [5.74, 6) is 1.38. The third kappa shape index (κ3) is 4.41. The van der Waals surface area contributed by atoms with E-state index in [2.05, 4.69) is 10.2 Å². The van der Waals surface area contributed by atoms with Gasteiger partial charge in [-0.15, -0.1) is 0 Å². The van der Waals surface area contributed by atoms with Crippen LogP contribution in [0, 0.1) is 40.8 Å². The van der Waals surface area contributed by atoms with Gasteiger partial charge >= 0.3 is 6.18 Å². The first kappa shape index (κ1) is 23.8. The number of rotatable bonds is 5. The van der Waals surface area contributed by atoms with E-state index in [0.717, 1.165) is 31.1 Å². The van der Waals surface area contributed by atoms with E-state index in [1.165, 1.54) is 31.2 Å². The molecule has 1 amide bonds. The number of anilines is 1. The topological polar surface area (TPSA) is 76.4 Å². The average Bonchev–Trinajstić information content (AvgIpc) is 3.37. The minimum absolute atomic E-state index is 0.0644. The predicted octanol–water partition coefficient (Wildman–Crippen LogP) is 4.39. The number of amides is 1. The number of fused-ring (bicyclic) bond motifs is 1. The van der Waals surface area contributed by atoms with Crippen molar-refractivity contribution in [3.8, 4) is 6.07 Å². The summed E-state index contributed by atoms with van der Waals surface area (Å²) < 4.78 is 53.0. The van der Waals surface area contributed by atoms with Crippen LogP contribution >= 0.6 is 0 Å². The lowest BCUT2D eigenvalue weighted by atomic mass is 9.85. The van der Waals surface area contributed by atoms with Crippen molar-refractivity contribution in [1.82, 2.24) is 4.90 Å². The summed E-state index contributed by atoms with van der Waals surface area (Å²) in [7, 11) is 0. The molecule has 9 heteroatoms. The maximum atomic E-state index is 13.3. The fraction of sp³-hybridized carbons (Fsp3) is 0.462. The molecule has 6 unspecified atom stereocenters. The Hall–Kier alpha value is -2.96. The van der Waals surface area contributed by atoms with Gasteiger partial charge in [0.2, 0.25) is 0 Å². The van der Waals surface area contributed by atoms with Gasteiger partial charge in [0.15, 0.2) is 5.60 Å². The second-order valence-corrected chi connectivity index (χ2v) is 10.3. The molecule has 5 nitrogen and oxygen atoms in total. The van der Waals surface area contributed by atoms with E-state index in [0.29, 0.717) is 35.7 Å². The Morgan fingerprint density at radius 2 is 1.89 bits per heavy atom. The number of nitrogens with zero attached hydrogens (tertiary/aromatic N) is 2. The molecule has 0 aromatic heterocycles. The number of benzene rings is 2. The summed E-state index contributed by atoms with van der Waals surface area (Å²) in [5.41, 5.74) is -2.47. The second-order valence-electron chi connectivity index (χ2n) is 10.3. The zero-order chi connectivity index (χ0) is 25.1. The van der Waals surface area contributed by atoms with Crippen molar-refractivity contribution in [2.24, 2.45) is 23.7 Å². The van der Waals surface area contributed by atoms with Crippen molar-refractivity contribution in [3.05, 3.63) is 65.0 Å². The van der Waals surface area contributed by atoms with Crippen molar-refractivity contribution < 1.29 is 27.5 Å². The summed E-state index contributed by atoms with van der Waals surface area (Å²) in [6.45, 7) is 2.89. The van der Waals surface area contributed by atoms with Crippen molar-refractivity contribution in [2.75, 3.05) is 25.0 Å². The fourth-order valence-electron chi connectivity index (χ4n) is 6.37. The van der Waals surface area contributed by atoms with Crippen molar-refractivity contribution in [2.45, 2.75) is 31.0 Å². The first-order valence-electron chi connectivity index (χ1n) is 11.6. The zero-order valence-corrected chi connectivity index (χ0v) is 19.0. The van der Waals surface area contributed by atoms with E-state index in [9.17, 15) is 27.5 Å². The number of likely N-dealkylation sites (tertiary alicyclic amines) is 1. The molecule has 2 aromatic carbocycles. The van der Waals surface area contributed by atoms with Crippen LogP contribution in [0.1, 0.15) is 36.0 Å². The van der Waals surface area contributed by atoms with Gasteiger partial charge in [0.1, 0.15) is 5.82 Å². The highest BCUT2D eigenvalue weighted by atomic mass is 19.4. The number of nitrogens with one attached hydrogen (secondary N) is 1. The number of aliphatic hydroxyl groups is 1. The van der Waals surface area contributed by atoms with E-state index in [1.54, 1.807) is 0 Å². The van der Waals surface area contributed by atoms with Crippen LogP contribution in [0.3, 0.4) is 0 Å². The second kappa shape index (κ2) is 8.32. The molecule has 6 atom stereocenters. The molecule has 184 valence electrons. The number of piperidine rings is 1. The summed E-state index contributed by atoms with van der Waals surface area (Å²) in [4.78, 5) is 14.8. The van der Waals surface area contributed by atoms with Gasteiger partial charge in [0, 0.05) is 25.3 Å². The van der Waals surface area contributed by atoms with Crippen molar-refractivity contribution in [1.29, 1.82) is 5.26 Å². The van der Waals surface area contributed by atoms with Gasteiger partial charge in [-0.1, -0.05) is 12.1 Å². The molecular formula is C26H25F4N3O2. The van der Waals surface area contributed by atoms with Gasteiger partial charge in [-0.2, -0.15) is 18.4 Å². The molecule has 3 fully saturated rings. The smallest absolute Gasteiger partial charge is 0.379 e. The number of hydrogen-bond acceptors (Lipinski definition) is 4. The highest BCUT2D eigenvalue weighted by Crippen LogP contribution is 2.68. The zero-order valence-electron chi connectivity index (χ0n) is 19.0. The Balaban J connectivity index is 1.22. The molecular weight excluding hydrogens is 462 g/mol. The predicted molar refractivity (Wildman–Crippen MR) is 120 cm³/mol. The molecule has 3 aliphatic rings. The number of β-amino-alcohol motifs (C(OH)–C–C–N with tert-alkyl or cyclic N) is 1. The highest BCUT2D eigenvalue weighted by Gasteiger charge is 2.65. The van der Waals surface area contributed by atoms with Crippen LogP contribution in [-0.2, 0) is 11.0 Å². The van der Waals surface area contributed by atoms with Crippen LogP contribution in [0.25, 0.3) is 0 Å². The van der Waals surface area contributed by atoms with Crippen LogP contribution in [0.15, 0.2) is 42.5 Å². The van der Waals surface area contributed by atoms with Gasteiger partial charge in [-0.3, -0.25) is 9.69 Å². The third-order valence-corrected chi connectivity index (χ3v) is 7.84. The van der Waals surface area contributed by atoms with E-state index in [-0.39, 0.29) is 18.0 Å². The van der Waals surface area contributed by atoms with E-state index in [1.807, 2.05) is 12.1 Å². The van der Waals surface area contributed by atoms with Crippen molar-refractivity contribution >= 4 is 11.6 Å². The van der Waals surface area contributed by atoms with Gasteiger partial charge < -0.3 is 10.4 Å². The average molecular weight is 487 g/mol. The van der Waals surface area contributed by atoms with Crippen LogP contribution in [0.2, 0.25) is 0 Å². The Morgan fingerprint density at radius 1 is 1.17 bits per heavy atom. The molecule has 0 radical (unpaired) electrons. The normalized spacial score (nSPS) is 29.1. The molecule has 1 heterocycles. The number of carbonyl (C=O) groups excluding carboxylic acids is 1. The third-order valence-electron chi connectivity index (χ3n) is 7.84. The standard InChI is InChI=1S/C26H25F4N3O2/c1-25(35,24(34)32-18-7-4-15(10-31)21(9-18)26(28,29)30)13-33-11-16-8-19(23-20(12-33)22(16)23)14-2-5-17(27)6-3-14/h2-7,9,16,19-20,22-23,35H,8,11-13H2,1H3,(H,32,34). The lowest BCUT2D eigenvalue weighted by Crippen LogP contribution is -2.52. The number of carbonyl (C=O) groups is 1. The number of alkyl halides is 3. The molecule has 2 saturated carbocycles. The Morgan fingerprint density at radius 3 is 2.51 bits per heavy atom. The Labute approximate surface area is 200 Å². The number of hydrogen-bond donors (Lipinski definition) is 2. The summed E-state index contributed by atoms with van der Waals surface area (Å²) >= 11 is 0. The summed E-state index contributed by atoms with van der Waals surface area (Å²) in [5, 5.41) is 22.2. The maximum absolute atomic E-state index is 13.3. The van der Waals surface area contributed by atoms with Crippen LogP contribution < -0.4 is 5.32 Å². The van der Waals surface area contributed by atoms with E-state index < -0.39 is 28.8 Å². The Bertz CT molecular complexity index is 1190. The maximum Gasteiger partial charge on any atom is 0.417 e. The number of nitriles is 1. The molecule has 2 aromatic rings. The van der Waals surface area contributed by atoms with Gasteiger partial charge in [0.05, 0.1) is 17.2 Å². The minimum Gasteiger partial charge on any atom is -0.379 e. The van der Waals surface area contributed by atoms with Gasteiger partial charge in [-0.25, -0.2) is 4.39 Å². The quantitative estimate of drug-likeness (QED) is 0.614. The monoisotopic (exact) mass is 487 g/mol. The molecule has 2 N–H and O–H groups in total. The highest BCUT2D eigenvalue weighted by molar-refractivity contribution is 5.97. The van der Waals surface area contributed by atoms with Crippen LogP contribution in [-0.4, -0.2) is 41.1 Å². The lowest BCUT2D eigenvalue weighted by molar-refractivity contribution is -0.138. The molecule has 1 aliphatic heterocycles. The SMILES string of the molecule is CC(O)(CN1CC2CC(c3ccc(F)cc3)C3C(C1)C23)C(=O)Nc1ccc(C#N)c(C(F)(F)F)c1. The Kier molecular flexibility index (Phi) is 5.65. The largest absolute Gasteiger partial charge is 0.417 e. The van der Waals surface area contributed by atoms with Crippen LogP contribution in [0.4, 0.5) is 23.2 Å². The first-order chi connectivity index (χ1) is 16.5. The molecule has 1 saturated heterocycles. The summed E-state index contributed by atoms with van der Waals surface area (Å²) in [6, 6.07) is 11.1. The minimum atomic E-state index is -4.74. The van der Waals surface area contributed by atoms with E-state index in [4.69, 9.17) is 5.26 Å². The van der Waals surface area contributed by atoms with Gasteiger partial charge in [-0.05, 0) is 78.8 Å². The van der Waals surface area contributed by atoms with Crippen LogP contribution in [0.5, 0.6) is 0 Å². The molecule has 0 spiro atoms. The van der Waals surface area contributed by atoms with Gasteiger partial charge in [0.25, 0.3) is 5.91 Å². The van der Waals surface area contributed by atoms with Crippen molar-refractivity contribution in [3.63, 3.8) is 0 Å². The molecule has 2 aliphatic carbocycles. The first-order valence-corrected chi connectivity index (χ1v) is 11.6. The lowest BCUT2D eigenvalue weighted by Gasteiger charge is -2.37. The molecule has 5 rings (SSSR count). The summed E-state index contributed by atoms with van der Waals surface area (Å²) in [6.07, 6.45) is -3.76. The molecule has 35 heavy (non-hydrogen) atoms. The van der Waals surface area contributed by atoms with E-state index >= 15 is 0 Å². The fourth-order valence-corrected chi connectivity index (χ4v) is 6.37. The number of halogens is 4.